The molecule has 1 fully saturated rings. The van der Waals surface area contributed by atoms with Crippen molar-refractivity contribution in [2.75, 3.05) is 13.1 Å². The lowest BCUT2D eigenvalue weighted by molar-refractivity contribution is -0.127. The molecule has 2 heterocycles. The zero-order valence-corrected chi connectivity index (χ0v) is 16.0. The van der Waals surface area contributed by atoms with Gasteiger partial charge in [-0.15, -0.1) is 0 Å². The van der Waals surface area contributed by atoms with Gasteiger partial charge in [-0.3, -0.25) is 9.59 Å². The lowest BCUT2D eigenvalue weighted by Crippen LogP contribution is -2.58. The molecule has 1 atom stereocenters. The summed E-state index contributed by atoms with van der Waals surface area (Å²) in [5.74, 6) is 0.548. The predicted molar refractivity (Wildman–Crippen MR) is 106 cm³/mol. The molecule has 2 aromatic carbocycles. The standard InChI is InChI=1S/C22H23N3O3/c1-14(2)21-24-17-13-16(8-9-19(17)28-21)22(27)25-11-10-23-20(26)18(25)12-15-6-4-3-5-7-15/h3-9,13-14,18H,10-12H2,1-2H3,(H,23,26)/t18-/m1/s1. The molecule has 28 heavy (non-hydrogen) atoms. The van der Waals surface area contributed by atoms with E-state index in [0.29, 0.717) is 42.1 Å². The first-order valence-corrected chi connectivity index (χ1v) is 9.56. The Morgan fingerprint density at radius 3 is 2.79 bits per heavy atom. The summed E-state index contributed by atoms with van der Waals surface area (Å²) >= 11 is 0. The van der Waals surface area contributed by atoms with Crippen LogP contribution in [-0.2, 0) is 11.2 Å². The summed E-state index contributed by atoms with van der Waals surface area (Å²) in [4.78, 5) is 31.9. The van der Waals surface area contributed by atoms with Crippen LogP contribution in [0.25, 0.3) is 11.1 Å². The van der Waals surface area contributed by atoms with Crippen molar-refractivity contribution < 1.29 is 14.0 Å². The third kappa shape index (κ3) is 3.50. The van der Waals surface area contributed by atoms with Crippen LogP contribution in [0.1, 0.15) is 41.6 Å². The second kappa shape index (κ2) is 7.46. The van der Waals surface area contributed by atoms with E-state index in [-0.39, 0.29) is 17.7 Å². The van der Waals surface area contributed by atoms with Crippen molar-refractivity contribution >= 4 is 22.9 Å². The predicted octanol–water partition coefficient (Wildman–Crippen LogP) is 3.13. The number of fused-ring (bicyclic) bond motifs is 1. The molecule has 1 aromatic heterocycles. The van der Waals surface area contributed by atoms with Gasteiger partial charge in [-0.1, -0.05) is 44.2 Å². The van der Waals surface area contributed by atoms with Gasteiger partial charge in [-0.25, -0.2) is 4.98 Å². The second-order valence-corrected chi connectivity index (χ2v) is 7.38. The Balaban J connectivity index is 1.62. The van der Waals surface area contributed by atoms with Crippen LogP contribution in [0.4, 0.5) is 0 Å². The van der Waals surface area contributed by atoms with Crippen LogP contribution in [-0.4, -0.2) is 40.8 Å². The van der Waals surface area contributed by atoms with E-state index in [1.54, 1.807) is 23.1 Å². The smallest absolute Gasteiger partial charge is 0.254 e. The number of benzene rings is 2. The topological polar surface area (TPSA) is 75.4 Å². The Morgan fingerprint density at radius 2 is 2.04 bits per heavy atom. The molecule has 6 heteroatoms. The van der Waals surface area contributed by atoms with E-state index in [9.17, 15) is 9.59 Å². The van der Waals surface area contributed by atoms with Crippen LogP contribution in [0.3, 0.4) is 0 Å². The summed E-state index contributed by atoms with van der Waals surface area (Å²) in [7, 11) is 0. The largest absolute Gasteiger partial charge is 0.440 e. The van der Waals surface area contributed by atoms with Crippen LogP contribution in [0, 0.1) is 0 Å². The van der Waals surface area contributed by atoms with Gasteiger partial charge in [0.15, 0.2) is 11.5 Å². The summed E-state index contributed by atoms with van der Waals surface area (Å²) in [5, 5.41) is 2.87. The average molecular weight is 377 g/mol. The van der Waals surface area contributed by atoms with E-state index in [4.69, 9.17) is 4.42 Å². The Morgan fingerprint density at radius 1 is 1.25 bits per heavy atom. The van der Waals surface area contributed by atoms with E-state index >= 15 is 0 Å². The van der Waals surface area contributed by atoms with Crippen molar-refractivity contribution in [3.8, 4) is 0 Å². The number of nitrogens with zero attached hydrogens (tertiary/aromatic N) is 2. The van der Waals surface area contributed by atoms with E-state index in [1.165, 1.54) is 0 Å². The molecule has 1 N–H and O–H groups in total. The molecule has 0 saturated carbocycles. The van der Waals surface area contributed by atoms with Crippen LogP contribution in [0.15, 0.2) is 52.9 Å². The normalized spacial score (nSPS) is 17.2. The van der Waals surface area contributed by atoms with Crippen molar-refractivity contribution in [3.05, 3.63) is 65.5 Å². The number of carbonyl (C=O) groups is 2. The number of amides is 2. The van der Waals surface area contributed by atoms with Crippen molar-refractivity contribution in [2.24, 2.45) is 0 Å². The molecule has 0 spiro atoms. The summed E-state index contributed by atoms with van der Waals surface area (Å²) in [6, 6.07) is 14.5. The number of rotatable bonds is 4. The first kappa shape index (κ1) is 18.2. The molecule has 6 nitrogen and oxygen atoms in total. The molecule has 1 saturated heterocycles. The minimum atomic E-state index is -0.525. The Bertz CT molecular complexity index is 1010. The molecule has 1 aliphatic heterocycles. The van der Waals surface area contributed by atoms with E-state index in [1.807, 2.05) is 44.2 Å². The van der Waals surface area contributed by atoms with Crippen LogP contribution >= 0.6 is 0 Å². The van der Waals surface area contributed by atoms with Gasteiger partial charge in [-0.2, -0.15) is 0 Å². The molecule has 0 unspecified atom stereocenters. The number of piperazine rings is 1. The Labute approximate surface area is 163 Å². The van der Waals surface area contributed by atoms with Crippen molar-refractivity contribution in [1.29, 1.82) is 0 Å². The molecular weight excluding hydrogens is 354 g/mol. The summed E-state index contributed by atoms with van der Waals surface area (Å²) in [6.45, 7) is 4.96. The van der Waals surface area contributed by atoms with E-state index in [0.717, 1.165) is 5.56 Å². The maximum Gasteiger partial charge on any atom is 0.254 e. The highest BCUT2D eigenvalue weighted by Crippen LogP contribution is 2.23. The van der Waals surface area contributed by atoms with Crippen LogP contribution < -0.4 is 5.32 Å². The summed E-state index contributed by atoms with van der Waals surface area (Å²) in [5.41, 5.74) is 2.87. The zero-order valence-electron chi connectivity index (χ0n) is 16.0. The Hall–Kier alpha value is -3.15. The Kier molecular flexibility index (Phi) is 4.86. The fourth-order valence-electron chi connectivity index (χ4n) is 3.49. The van der Waals surface area contributed by atoms with Crippen molar-refractivity contribution in [2.45, 2.75) is 32.2 Å². The first-order valence-electron chi connectivity index (χ1n) is 9.56. The molecule has 2 amide bonds. The fraction of sp³-hybridized carbons (Fsp3) is 0.318. The fourth-order valence-corrected chi connectivity index (χ4v) is 3.49. The van der Waals surface area contributed by atoms with Gasteiger partial charge >= 0.3 is 0 Å². The van der Waals surface area contributed by atoms with Crippen molar-refractivity contribution in [1.82, 2.24) is 15.2 Å². The van der Waals surface area contributed by atoms with Gasteiger partial charge in [-0.05, 0) is 23.8 Å². The van der Waals surface area contributed by atoms with Gasteiger partial charge in [0.05, 0.1) is 0 Å². The third-order valence-electron chi connectivity index (χ3n) is 5.01. The molecule has 4 rings (SSSR count). The second-order valence-electron chi connectivity index (χ2n) is 7.38. The minimum Gasteiger partial charge on any atom is -0.440 e. The highest BCUT2D eigenvalue weighted by atomic mass is 16.3. The molecule has 3 aromatic rings. The quantitative estimate of drug-likeness (QED) is 0.758. The minimum absolute atomic E-state index is 0.118. The van der Waals surface area contributed by atoms with Gasteiger partial charge in [0.2, 0.25) is 5.91 Å². The SMILES string of the molecule is CC(C)c1nc2cc(C(=O)N3CCNC(=O)[C@H]3Cc3ccccc3)ccc2o1. The monoisotopic (exact) mass is 377 g/mol. The highest BCUT2D eigenvalue weighted by molar-refractivity contribution is 6.00. The van der Waals surface area contributed by atoms with Gasteiger partial charge in [0.1, 0.15) is 11.6 Å². The number of aromatic nitrogens is 1. The number of hydrogen-bond donors (Lipinski definition) is 1. The molecule has 0 aliphatic carbocycles. The van der Waals surface area contributed by atoms with Crippen LogP contribution in [0.2, 0.25) is 0 Å². The average Bonchev–Trinajstić information content (AvgIpc) is 3.13. The maximum atomic E-state index is 13.2. The first-order chi connectivity index (χ1) is 13.5. The number of oxazole rings is 1. The van der Waals surface area contributed by atoms with E-state index in [2.05, 4.69) is 10.3 Å². The maximum absolute atomic E-state index is 13.2. The molecule has 0 bridgehead atoms. The number of nitrogens with one attached hydrogen (secondary N) is 1. The zero-order chi connectivity index (χ0) is 19.7. The molecule has 144 valence electrons. The van der Waals surface area contributed by atoms with E-state index < -0.39 is 6.04 Å². The van der Waals surface area contributed by atoms with Gasteiger partial charge in [0, 0.05) is 31.0 Å². The molecular formula is C22H23N3O3. The van der Waals surface area contributed by atoms with Gasteiger partial charge in [0.25, 0.3) is 5.91 Å². The molecule has 0 radical (unpaired) electrons. The highest BCUT2D eigenvalue weighted by Gasteiger charge is 2.33. The summed E-state index contributed by atoms with van der Waals surface area (Å²) < 4.78 is 5.73. The van der Waals surface area contributed by atoms with Gasteiger partial charge < -0.3 is 14.6 Å². The summed E-state index contributed by atoms with van der Waals surface area (Å²) in [6.07, 6.45) is 0.488. The third-order valence-corrected chi connectivity index (χ3v) is 5.01. The molecule has 1 aliphatic rings. The van der Waals surface area contributed by atoms with Crippen molar-refractivity contribution in [3.63, 3.8) is 0 Å². The number of carbonyl (C=O) groups excluding carboxylic acids is 2. The van der Waals surface area contributed by atoms with Crippen LogP contribution in [0.5, 0.6) is 0 Å². The number of hydrogen-bond acceptors (Lipinski definition) is 4. The lowest BCUT2D eigenvalue weighted by atomic mass is 10.0. The lowest BCUT2D eigenvalue weighted by Gasteiger charge is -2.35.